The molecule has 1 unspecified atom stereocenters. The van der Waals surface area contributed by atoms with Gasteiger partial charge in [0.2, 0.25) is 5.95 Å². The minimum Gasteiger partial charge on any atom is -0.347 e. The van der Waals surface area contributed by atoms with Gasteiger partial charge in [-0.3, -0.25) is 0 Å². The van der Waals surface area contributed by atoms with Gasteiger partial charge in [-0.05, 0) is 36.8 Å². The molecular formula is C21H27N5O. The van der Waals surface area contributed by atoms with Crippen molar-refractivity contribution < 1.29 is 4.79 Å². The van der Waals surface area contributed by atoms with Crippen LogP contribution in [0.2, 0.25) is 0 Å². The van der Waals surface area contributed by atoms with E-state index in [4.69, 9.17) is 4.98 Å². The Bertz CT molecular complexity index is 819. The number of nitrogens with one attached hydrogen (secondary N) is 1. The molecule has 1 aliphatic heterocycles. The summed E-state index contributed by atoms with van der Waals surface area (Å²) in [5, 5.41) is 3.07. The highest BCUT2D eigenvalue weighted by molar-refractivity contribution is 5.74. The monoisotopic (exact) mass is 365 g/mol. The number of hydrogen-bond donors (Lipinski definition) is 1. The molecule has 142 valence electrons. The van der Waals surface area contributed by atoms with Gasteiger partial charge in [-0.25, -0.2) is 14.8 Å². The first kappa shape index (κ1) is 17.8. The van der Waals surface area contributed by atoms with E-state index < -0.39 is 0 Å². The number of carbonyl (C=O) groups excluding carboxylic acids is 1. The summed E-state index contributed by atoms with van der Waals surface area (Å²) in [7, 11) is 3.93. The van der Waals surface area contributed by atoms with Crippen LogP contribution in [-0.4, -0.2) is 48.1 Å². The maximum atomic E-state index is 12.8. The number of likely N-dealkylation sites (tertiary alicyclic amines) is 1. The van der Waals surface area contributed by atoms with Crippen LogP contribution >= 0.6 is 0 Å². The SMILES string of the molecule is CN(C)c1ncc2c(n1)C1(CCCN(C(=O)NCc3ccccc3)C1)CC2. The maximum absolute atomic E-state index is 12.8. The zero-order valence-corrected chi connectivity index (χ0v) is 16.1. The van der Waals surface area contributed by atoms with Crippen molar-refractivity contribution in [3.05, 3.63) is 53.3 Å². The lowest BCUT2D eigenvalue weighted by Gasteiger charge is -2.40. The molecule has 1 aliphatic carbocycles. The van der Waals surface area contributed by atoms with Crippen LogP contribution < -0.4 is 10.2 Å². The van der Waals surface area contributed by atoms with Gasteiger partial charge in [0.15, 0.2) is 0 Å². The number of piperidine rings is 1. The normalized spacial score (nSPS) is 21.2. The number of aromatic nitrogens is 2. The topological polar surface area (TPSA) is 61.4 Å². The third-order valence-corrected chi connectivity index (χ3v) is 5.78. The standard InChI is InChI=1S/C21H27N5O/c1-25(2)19-22-14-17-9-11-21(18(17)24-19)10-6-12-26(15-21)20(27)23-13-16-7-4-3-5-8-16/h3-5,7-8,14H,6,9-13,15H2,1-2H3,(H,23,27). The smallest absolute Gasteiger partial charge is 0.317 e. The third kappa shape index (κ3) is 3.48. The van der Waals surface area contributed by atoms with Gasteiger partial charge in [0.1, 0.15) is 0 Å². The lowest BCUT2D eigenvalue weighted by atomic mass is 9.77. The highest BCUT2D eigenvalue weighted by atomic mass is 16.2. The summed E-state index contributed by atoms with van der Waals surface area (Å²) < 4.78 is 0. The van der Waals surface area contributed by atoms with E-state index in [1.54, 1.807) is 0 Å². The Hall–Kier alpha value is -2.63. The van der Waals surface area contributed by atoms with Crippen molar-refractivity contribution in [2.24, 2.45) is 0 Å². The van der Waals surface area contributed by atoms with Crippen molar-refractivity contribution in [1.29, 1.82) is 0 Å². The van der Waals surface area contributed by atoms with Crippen LogP contribution in [0.4, 0.5) is 10.7 Å². The molecule has 2 amide bonds. The van der Waals surface area contributed by atoms with E-state index in [-0.39, 0.29) is 11.4 Å². The summed E-state index contributed by atoms with van der Waals surface area (Å²) in [4.78, 5) is 26.0. The lowest BCUT2D eigenvalue weighted by molar-refractivity contribution is 0.147. The van der Waals surface area contributed by atoms with E-state index in [0.717, 1.165) is 56.0 Å². The van der Waals surface area contributed by atoms with E-state index in [9.17, 15) is 4.79 Å². The van der Waals surface area contributed by atoms with Crippen LogP contribution in [-0.2, 0) is 18.4 Å². The second-order valence-electron chi connectivity index (χ2n) is 7.89. The van der Waals surface area contributed by atoms with Gasteiger partial charge >= 0.3 is 6.03 Å². The molecule has 0 radical (unpaired) electrons. The largest absolute Gasteiger partial charge is 0.347 e. The molecule has 4 rings (SSSR count). The first-order chi connectivity index (χ1) is 13.1. The van der Waals surface area contributed by atoms with Crippen LogP contribution in [0.25, 0.3) is 0 Å². The Balaban J connectivity index is 1.49. The number of hydrogen-bond acceptors (Lipinski definition) is 4. The number of nitrogens with zero attached hydrogens (tertiary/aromatic N) is 4. The van der Waals surface area contributed by atoms with E-state index >= 15 is 0 Å². The van der Waals surface area contributed by atoms with Crippen molar-refractivity contribution in [2.75, 3.05) is 32.1 Å². The molecule has 1 spiro atoms. The van der Waals surface area contributed by atoms with Crippen LogP contribution in [0.5, 0.6) is 0 Å². The van der Waals surface area contributed by atoms with Gasteiger partial charge in [-0.1, -0.05) is 30.3 Å². The molecule has 6 heteroatoms. The Kier molecular flexibility index (Phi) is 4.72. The molecule has 1 aromatic carbocycles. The first-order valence-corrected chi connectivity index (χ1v) is 9.68. The van der Waals surface area contributed by atoms with E-state index in [1.165, 1.54) is 5.56 Å². The predicted molar refractivity (Wildman–Crippen MR) is 106 cm³/mol. The molecule has 2 aromatic rings. The molecular weight excluding hydrogens is 338 g/mol. The Morgan fingerprint density at radius 2 is 2.07 bits per heavy atom. The Labute approximate surface area is 160 Å². The predicted octanol–water partition coefficient (Wildman–Crippen LogP) is 2.73. The first-order valence-electron chi connectivity index (χ1n) is 9.68. The van der Waals surface area contributed by atoms with Gasteiger partial charge in [-0.15, -0.1) is 0 Å². The summed E-state index contributed by atoms with van der Waals surface area (Å²) in [6.07, 6.45) is 6.13. The number of fused-ring (bicyclic) bond motifs is 2. The fourth-order valence-electron chi connectivity index (χ4n) is 4.34. The molecule has 1 aromatic heterocycles. The van der Waals surface area contributed by atoms with Crippen LogP contribution in [0.3, 0.4) is 0 Å². The zero-order chi connectivity index (χ0) is 18.9. The lowest BCUT2D eigenvalue weighted by Crippen LogP contribution is -2.51. The third-order valence-electron chi connectivity index (χ3n) is 5.78. The van der Waals surface area contributed by atoms with Gasteiger partial charge < -0.3 is 15.1 Å². The van der Waals surface area contributed by atoms with Gasteiger partial charge in [-0.2, -0.15) is 0 Å². The summed E-state index contributed by atoms with van der Waals surface area (Å²) in [6.45, 7) is 2.11. The fraction of sp³-hybridized carbons (Fsp3) is 0.476. The van der Waals surface area contributed by atoms with E-state index in [1.807, 2.05) is 60.4 Å². The summed E-state index contributed by atoms with van der Waals surface area (Å²) in [6, 6.07) is 10.1. The molecule has 2 aliphatic rings. The average molecular weight is 365 g/mol. The number of benzene rings is 1. The van der Waals surface area contributed by atoms with E-state index in [2.05, 4.69) is 10.3 Å². The van der Waals surface area contributed by atoms with Crippen molar-refractivity contribution in [3.63, 3.8) is 0 Å². The quantitative estimate of drug-likeness (QED) is 0.909. The molecule has 1 saturated heterocycles. The second-order valence-corrected chi connectivity index (χ2v) is 7.89. The molecule has 0 bridgehead atoms. The van der Waals surface area contributed by atoms with Crippen LogP contribution in [0.15, 0.2) is 36.5 Å². The number of urea groups is 1. The van der Waals surface area contributed by atoms with Gasteiger partial charge in [0, 0.05) is 45.3 Å². The summed E-state index contributed by atoms with van der Waals surface area (Å²) >= 11 is 0. The number of carbonyl (C=O) groups is 1. The Morgan fingerprint density at radius 1 is 1.26 bits per heavy atom. The van der Waals surface area contributed by atoms with E-state index in [0.29, 0.717) is 6.54 Å². The molecule has 27 heavy (non-hydrogen) atoms. The zero-order valence-electron chi connectivity index (χ0n) is 16.1. The summed E-state index contributed by atoms with van der Waals surface area (Å²) in [5.74, 6) is 0.751. The van der Waals surface area contributed by atoms with Crippen LogP contribution in [0, 0.1) is 0 Å². The van der Waals surface area contributed by atoms with Crippen LogP contribution in [0.1, 0.15) is 36.1 Å². The fourth-order valence-corrected chi connectivity index (χ4v) is 4.34. The second kappa shape index (κ2) is 7.18. The minimum absolute atomic E-state index is 0.0215. The van der Waals surface area contributed by atoms with Crippen molar-refractivity contribution in [2.45, 2.75) is 37.6 Å². The van der Waals surface area contributed by atoms with Crippen molar-refractivity contribution in [1.82, 2.24) is 20.2 Å². The van der Waals surface area contributed by atoms with Gasteiger partial charge in [0.25, 0.3) is 0 Å². The number of anilines is 1. The molecule has 6 nitrogen and oxygen atoms in total. The summed E-state index contributed by atoms with van der Waals surface area (Å²) in [5.41, 5.74) is 3.49. The van der Waals surface area contributed by atoms with Crippen molar-refractivity contribution in [3.8, 4) is 0 Å². The molecule has 0 saturated carbocycles. The number of amides is 2. The average Bonchev–Trinajstić information content (AvgIpc) is 3.04. The molecule has 2 heterocycles. The number of aryl methyl sites for hydroxylation is 1. The maximum Gasteiger partial charge on any atom is 0.317 e. The highest BCUT2D eigenvalue weighted by Crippen LogP contribution is 2.44. The molecule has 1 atom stereocenters. The highest BCUT2D eigenvalue weighted by Gasteiger charge is 2.44. The minimum atomic E-state index is -0.0225. The molecule has 1 N–H and O–H groups in total. The number of rotatable bonds is 3. The van der Waals surface area contributed by atoms with Crippen molar-refractivity contribution >= 4 is 12.0 Å². The molecule has 1 fully saturated rings. The van der Waals surface area contributed by atoms with Gasteiger partial charge in [0.05, 0.1) is 5.69 Å². The Morgan fingerprint density at radius 3 is 2.85 bits per heavy atom.